The van der Waals surface area contributed by atoms with Gasteiger partial charge in [-0.2, -0.15) is 0 Å². The Morgan fingerprint density at radius 1 is 1.14 bits per heavy atom. The fourth-order valence-electron chi connectivity index (χ4n) is 4.25. The summed E-state index contributed by atoms with van der Waals surface area (Å²) in [4.78, 5) is 20.9. The van der Waals surface area contributed by atoms with Crippen molar-refractivity contribution in [2.75, 3.05) is 32.7 Å². The van der Waals surface area contributed by atoms with E-state index in [1.165, 1.54) is 37.1 Å². The second-order valence-electron chi connectivity index (χ2n) is 8.09. The van der Waals surface area contributed by atoms with Crippen LogP contribution in [0.2, 0.25) is 0 Å². The second-order valence-corrected chi connectivity index (χ2v) is 8.09. The molecule has 1 aromatic rings. The van der Waals surface area contributed by atoms with E-state index in [1.807, 2.05) is 0 Å². The van der Waals surface area contributed by atoms with E-state index < -0.39 is 0 Å². The van der Waals surface area contributed by atoms with Gasteiger partial charge in [0.25, 0.3) is 0 Å². The summed E-state index contributed by atoms with van der Waals surface area (Å²) in [7, 11) is 0. The maximum absolute atomic E-state index is 11.3. The number of hydrogen-bond donors (Lipinski definition) is 2. The molecule has 2 aliphatic heterocycles. The molecule has 1 atom stereocenters. The summed E-state index contributed by atoms with van der Waals surface area (Å²) in [6, 6.07) is 8.87. The maximum atomic E-state index is 11.3. The number of nitrogens with zero attached hydrogens (tertiary/aromatic N) is 3. The molecule has 0 spiro atoms. The van der Waals surface area contributed by atoms with Crippen LogP contribution in [0.1, 0.15) is 50.2 Å². The Labute approximate surface area is 169 Å². The van der Waals surface area contributed by atoms with Gasteiger partial charge in [-0.25, -0.2) is 4.99 Å². The predicted octanol–water partition coefficient (Wildman–Crippen LogP) is 2.34. The fourth-order valence-corrected chi connectivity index (χ4v) is 4.25. The highest BCUT2D eigenvalue weighted by Crippen LogP contribution is 2.20. The van der Waals surface area contributed by atoms with Crippen molar-refractivity contribution in [3.63, 3.8) is 0 Å². The molecule has 2 saturated heterocycles. The molecular weight excluding hydrogens is 350 g/mol. The van der Waals surface area contributed by atoms with E-state index >= 15 is 0 Å². The Balaban J connectivity index is 1.58. The van der Waals surface area contributed by atoms with E-state index in [9.17, 15) is 4.79 Å². The standard InChI is InChI=1S/C22H35N5O/c1-2-24-22(27-13-5-6-20(17-27)14-21(23)28)25-15-18-7-9-19(10-8-18)16-26-11-3-4-12-26/h7-10,20H,2-6,11-17H2,1H3,(H2,23,28)(H,24,25). The first-order valence-electron chi connectivity index (χ1n) is 10.8. The van der Waals surface area contributed by atoms with Gasteiger partial charge in [0.05, 0.1) is 6.54 Å². The van der Waals surface area contributed by atoms with Crippen molar-refractivity contribution in [2.45, 2.75) is 52.1 Å². The minimum Gasteiger partial charge on any atom is -0.370 e. The van der Waals surface area contributed by atoms with Gasteiger partial charge in [0.1, 0.15) is 0 Å². The number of amides is 1. The Hall–Kier alpha value is -2.08. The highest BCUT2D eigenvalue weighted by molar-refractivity contribution is 5.80. The van der Waals surface area contributed by atoms with E-state index in [4.69, 9.17) is 10.7 Å². The molecule has 0 aromatic heterocycles. The quantitative estimate of drug-likeness (QED) is 0.558. The molecule has 6 nitrogen and oxygen atoms in total. The number of benzene rings is 1. The lowest BCUT2D eigenvalue weighted by molar-refractivity contribution is -0.119. The van der Waals surface area contributed by atoms with Crippen molar-refractivity contribution in [3.05, 3.63) is 35.4 Å². The lowest BCUT2D eigenvalue weighted by Crippen LogP contribution is -2.47. The molecule has 0 bridgehead atoms. The molecule has 3 N–H and O–H groups in total. The third kappa shape index (κ3) is 6.23. The van der Waals surface area contributed by atoms with Gasteiger partial charge >= 0.3 is 0 Å². The molecule has 0 radical (unpaired) electrons. The minimum absolute atomic E-state index is 0.206. The zero-order valence-corrected chi connectivity index (χ0v) is 17.2. The van der Waals surface area contributed by atoms with Gasteiger partial charge in [0, 0.05) is 32.6 Å². The average Bonchev–Trinajstić information content (AvgIpc) is 3.19. The zero-order valence-electron chi connectivity index (χ0n) is 17.2. The number of piperidine rings is 1. The largest absolute Gasteiger partial charge is 0.370 e. The molecule has 0 saturated carbocycles. The van der Waals surface area contributed by atoms with E-state index in [0.717, 1.165) is 45.0 Å². The highest BCUT2D eigenvalue weighted by Gasteiger charge is 2.23. The Kier molecular flexibility index (Phi) is 7.71. The zero-order chi connectivity index (χ0) is 19.8. The molecule has 2 fully saturated rings. The molecule has 1 unspecified atom stereocenters. The summed E-state index contributed by atoms with van der Waals surface area (Å²) in [6.07, 6.45) is 5.27. The summed E-state index contributed by atoms with van der Waals surface area (Å²) in [5.74, 6) is 1.07. The number of aliphatic imine (C=N–C) groups is 1. The van der Waals surface area contributed by atoms with Crippen LogP contribution in [0, 0.1) is 5.92 Å². The lowest BCUT2D eigenvalue weighted by atomic mass is 9.95. The number of rotatable bonds is 7. The van der Waals surface area contributed by atoms with Gasteiger partial charge in [-0.1, -0.05) is 24.3 Å². The molecule has 2 aliphatic rings. The summed E-state index contributed by atoms with van der Waals surface area (Å²) in [5.41, 5.74) is 8.00. The Bertz CT molecular complexity index is 651. The number of primary amides is 1. The van der Waals surface area contributed by atoms with Crippen molar-refractivity contribution in [2.24, 2.45) is 16.6 Å². The Morgan fingerprint density at radius 2 is 1.86 bits per heavy atom. The van der Waals surface area contributed by atoms with E-state index in [2.05, 4.69) is 46.3 Å². The van der Waals surface area contributed by atoms with E-state index in [-0.39, 0.29) is 5.91 Å². The maximum Gasteiger partial charge on any atom is 0.217 e. The molecule has 1 amide bonds. The molecule has 2 heterocycles. The van der Waals surface area contributed by atoms with Gasteiger partial charge in [0.2, 0.25) is 5.91 Å². The van der Waals surface area contributed by atoms with Gasteiger partial charge in [-0.05, 0) is 62.7 Å². The number of nitrogens with one attached hydrogen (secondary N) is 1. The lowest BCUT2D eigenvalue weighted by Gasteiger charge is -2.34. The van der Waals surface area contributed by atoms with Crippen LogP contribution in [-0.2, 0) is 17.9 Å². The number of likely N-dealkylation sites (tertiary alicyclic amines) is 2. The van der Waals surface area contributed by atoms with Gasteiger partial charge in [-0.3, -0.25) is 9.69 Å². The topological polar surface area (TPSA) is 74.0 Å². The van der Waals surface area contributed by atoms with Gasteiger partial charge in [-0.15, -0.1) is 0 Å². The summed E-state index contributed by atoms with van der Waals surface area (Å²) >= 11 is 0. The number of carbonyl (C=O) groups is 1. The number of carbonyl (C=O) groups excluding carboxylic acids is 1. The molecule has 3 rings (SSSR count). The first-order valence-corrected chi connectivity index (χ1v) is 10.8. The fraction of sp³-hybridized carbons (Fsp3) is 0.636. The van der Waals surface area contributed by atoms with Crippen LogP contribution in [0.15, 0.2) is 29.3 Å². The van der Waals surface area contributed by atoms with E-state index in [0.29, 0.717) is 18.9 Å². The van der Waals surface area contributed by atoms with Crippen molar-refractivity contribution in [3.8, 4) is 0 Å². The number of hydrogen-bond acceptors (Lipinski definition) is 3. The molecule has 6 heteroatoms. The van der Waals surface area contributed by atoms with Crippen molar-refractivity contribution >= 4 is 11.9 Å². The smallest absolute Gasteiger partial charge is 0.217 e. The third-order valence-electron chi connectivity index (χ3n) is 5.68. The van der Waals surface area contributed by atoms with Crippen LogP contribution >= 0.6 is 0 Å². The highest BCUT2D eigenvalue weighted by atomic mass is 16.1. The summed E-state index contributed by atoms with van der Waals surface area (Å²) in [6.45, 7) is 8.94. The van der Waals surface area contributed by atoms with Crippen LogP contribution in [-0.4, -0.2) is 54.4 Å². The molecule has 0 aliphatic carbocycles. The van der Waals surface area contributed by atoms with Gasteiger partial charge in [0.15, 0.2) is 5.96 Å². The molecule has 1 aromatic carbocycles. The predicted molar refractivity (Wildman–Crippen MR) is 114 cm³/mol. The minimum atomic E-state index is -0.206. The van der Waals surface area contributed by atoms with E-state index in [1.54, 1.807) is 0 Å². The van der Waals surface area contributed by atoms with Crippen LogP contribution < -0.4 is 11.1 Å². The molecular formula is C22H35N5O. The van der Waals surface area contributed by atoms with Crippen LogP contribution in [0.25, 0.3) is 0 Å². The summed E-state index contributed by atoms with van der Waals surface area (Å²) < 4.78 is 0. The van der Waals surface area contributed by atoms with Crippen molar-refractivity contribution in [1.82, 2.24) is 15.1 Å². The number of nitrogens with two attached hydrogens (primary N) is 1. The second kappa shape index (κ2) is 10.5. The summed E-state index contributed by atoms with van der Waals surface area (Å²) in [5, 5.41) is 3.41. The Morgan fingerprint density at radius 3 is 2.54 bits per heavy atom. The molecule has 154 valence electrons. The average molecular weight is 386 g/mol. The van der Waals surface area contributed by atoms with Crippen LogP contribution in [0.4, 0.5) is 0 Å². The first kappa shape index (κ1) is 20.6. The van der Waals surface area contributed by atoms with Crippen LogP contribution in [0.3, 0.4) is 0 Å². The SMILES string of the molecule is CCNC(=NCc1ccc(CN2CCCC2)cc1)N1CCCC(CC(N)=O)C1. The van der Waals surface area contributed by atoms with Crippen LogP contribution in [0.5, 0.6) is 0 Å². The number of guanidine groups is 1. The van der Waals surface area contributed by atoms with Crippen molar-refractivity contribution < 1.29 is 4.79 Å². The van der Waals surface area contributed by atoms with Crippen molar-refractivity contribution in [1.29, 1.82) is 0 Å². The normalized spacial score (nSPS) is 21.1. The molecule has 28 heavy (non-hydrogen) atoms. The first-order chi connectivity index (χ1) is 13.6. The monoisotopic (exact) mass is 385 g/mol. The van der Waals surface area contributed by atoms with Gasteiger partial charge < -0.3 is 16.0 Å². The third-order valence-corrected chi connectivity index (χ3v) is 5.68.